The predicted octanol–water partition coefficient (Wildman–Crippen LogP) is 2.06. The molecule has 0 spiro atoms. The fourth-order valence-corrected chi connectivity index (χ4v) is 1.23. The molecule has 13 heavy (non-hydrogen) atoms. The summed E-state index contributed by atoms with van der Waals surface area (Å²) >= 11 is 0. The average molecular weight is 177 g/mol. The van der Waals surface area contributed by atoms with Crippen molar-refractivity contribution in [1.82, 2.24) is 0 Å². The van der Waals surface area contributed by atoms with Crippen LogP contribution in [0.15, 0.2) is 30.3 Å². The average Bonchev–Trinajstić information content (AvgIpc) is 2.15. The summed E-state index contributed by atoms with van der Waals surface area (Å²) < 4.78 is 0. The van der Waals surface area contributed by atoms with Crippen LogP contribution in [0.1, 0.15) is 31.4 Å². The lowest BCUT2D eigenvalue weighted by molar-refractivity contribution is -0.117. The summed E-state index contributed by atoms with van der Waals surface area (Å²) in [7, 11) is 0. The molecule has 2 N–H and O–H groups in total. The van der Waals surface area contributed by atoms with Crippen molar-refractivity contribution in [3.05, 3.63) is 35.9 Å². The number of carbonyl (C=O) groups excluding carboxylic acids is 1. The van der Waals surface area contributed by atoms with E-state index in [1.807, 2.05) is 30.3 Å². The van der Waals surface area contributed by atoms with Crippen molar-refractivity contribution in [1.29, 1.82) is 0 Å². The Morgan fingerprint density at radius 1 is 1.38 bits per heavy atom. The van der Waals surface area contributed by atoms with Gasteiger partial charge in [-0.15, -0.1) is 0 Å². The van der Waals surface area contributed by atoms with Crippen LogP contribution in [0.4, 0.5) is 0 Å². The van der Waals surface area contributed by atoms with Gasteiger partial charge in [-0.2, -0.15) is 0 Å². The molecular weight excluding hydrogens is 162 g/mol. The van der Waals surface area contributed by atoms with Crippen molar-refractivity contribution in [2.24, 2.45) is 5.73 Å². The molecule has 0 amide bonds. The number of ketones is 1. The smallest absolute Gasteiger partial charge is 0.129 e. The van der Waals surface area contributed by atoms with Crippen LogP contribution < -0.4 is 5.73 Å². The minimum absolute atomic E-state index is 0.00917. The second-order valence-corrected chi connectivity index (χ2v) is 3.26. The van der Waals surface area contributed by atoms with Gasteiger partial charge in [0.1, 0.15) is 5.78 Å². The van der Waals surface area contributed by atoms with Crippen LogP contribution in [0.5, 0.6) is 0 Å². The van der Waals surface area contributed by atoms with Gasteiger partial charge in [0.15, 0.2) is 0 Å². The molecule has 1 atom stereocenters. The Hall–Kier alpha value is -1.15. The third kappa shape index (κ3) is 3.38. The molecule has 0 fully saturated rings. The van der Waals surface area contributed by atoms with Crippen LogP contribution >= 0.6 is 0 Å². The first-order valence-corrected chi connectivity index (χ1v) is 4.50. The molecule has 0 aliphatic heterocycles. The Balaban J connectivity index is 2.49. The summed E-state index contributed by atoms with van der Waals surface area (Å²) in [6, 6.07) is 9.85. The molecule has 0 saturated heterocycles. The second-order valence-electron chi connectivity index (χ2n) is 3.26. The first-order chi connectivity index (χ1) is 6.20. The summed E-state index contributed by atoms with van der Waals surface area (Å²) in [6.07, 6.45) is 1.30. The van der Waals surface area contributed by atoms with E-state index >= 15 is 0 Å². The monoisotopic (exact) mass is 177 g/mol. The van der Waals surface area contributed by atoms with Gasteiger partial charge in [-0.25, -0.2) is 0 Å². The van der Waals surface area contributed by atoms with Gasteiger partial charge < -0.3 is 10.5 Å². The van der Waals surface area contributed by atoms with Crippen LogP contribution in [0.2, 0.25) is 0 Å². The van der Waals surface area contributed by atoms with E-state index in [0.717, 1.165) is 12.0 Å². The zero-order valence-corrected chi connectivity index (χ0v) is 7.86. The number of carbonyl (C=O) groups is 1. The van der Waals surface area contributed by atoms with Gasteiger partial charge in [0.2, 0.25) is 0 Å². The summed E-state index contributed by atoms with van der Waals surface area (Å²) in [6.45, 7) is 1.59. The first kappa shape index (κ1) is 9.93. The van der Waals surface area contributed by atoms with Gasteiger partial charge in [0.25, 0.3) is 0 Å². The highest BCUT2D eigenvalue weighted by molar-refractivity contribution is 5.75. The zero-order chi connectivity index (χ0) is 9.68. The van der Waals surface area contributed by atoms with Gasteiger partial charge in [-0.1, -0.05) is 30.3 Å². The maximum Gasteiger partial charge on any atom is 0.129 e. The fourth-order valence-electron chi connectivity index (χ4n) is 1.23. The molecule has 0 radical (unpaired) electrons. The molecule has 0 aliphatic carbocycles. The Morgan fingerprint density at radius 2 is 2.00 bits per heavy atom. The van der Waals surface area contributed by atoms with Crippen molar-refractivity contribution >= 4 is 5.78 Å². The van der Waals surface area contributed by atoms with Crippen LogP contribution in [0.3, 0.4) is 0 Å². The highest BCUT2D eigenvalue weighted by Crippen LogP contribution is 2.14. The lowest BCUT2D eigenvalue weighted by Gasteiger charge is -2.09. The van der Waals surface area contributed by atoms with E-state index in [-0.39, 0.29) is 11.8 Å². The van der Waals surface area contributed by atoms with Crippen LogP contribution in [0.25, 0.3) is 0 Å². The van der Waals surface area contributed by atoms with Gasteiger partial charge in [0, 0.05) is 12.5 Å². The van der Waals surface area contributed by atoms with E-state index in [9.17, 15) is 4.79 Å². The Bertz CT molecular complexity index is 269. The lowest BCUT2D eigenvalue weighted by atomic mass is 10.0. The summed E-state index contributed by atoms with van der Waals surface area (Å²) in [5, 5.41) is 0. The standard InChI is InChI=1S/C11H15NO/c1-9(13)7-8-11(12)10-5-3-2-4-6-10/h2-6,11H,7-8,12H2,1H3. The van der Waals surface area contributed by atoms with E-state index in [1.165, 1.54) is 0 Å². The molecule has 1 unspecified atom stereocenters. The van der Waals surface area contributed by atoms with E-state index in [2.05, 4.69) is 0 Å². The number of rotatable bonds is 4. The normalized spacial score (nSPS) is 12.5. The van der Waals surface area contributed by atoms with Crippen molar-refractivity contribution in [3.8, 4) is 0 Å². The summed E-state index contributed by atoms with van der Waals surface area (Å²) in [5.74, 6) is 0.200. The molecule has 0 aromatic heterocycles. The Morgan fingerprint density at radius 3 is 2.54 bits per heavy atom. The highest BCUT2D eigenvalue weighted by atomic mass is 16.1. The van der Waals surface area contributed by atoms with Crippen molar-refractivity contribution in [2.75, 3.05) is 0 Å². The SMILES string of the molecule is CC(=O)CCC(N)c1ccccc1. The largest absolute Gasteiger partial charge is 0.324 e. The molecule has 70 valence electrons. The van der Waals surface area contributed by atoms with E-state index < -0.39 is 0 Å². The molecule has 0 heterocycles. The summed E-state index contributed by atoms with van der Waals surface area (Å²) in [5.41, 5.74) is 6.99. The number of benzene rings is 1. The molecule has 0 aliphatic rings. The molecule has 1 aromatic rings. The van der Waals surface area contributed by atoms with E-state index in [4.69, 9.17) is 5.73 Å². The molecule has 0 saturated carbocycles. The predicted molar refractivity (Wildman–Crippen MR) is 53.3 cm³/mol. The summed E-state index contributed by atoms with van der Waals surface area (Å²) in [4.78, 5) is 10.7. The van der Waals surface area contributed by atoms with Crippen LogP contribution in [0, 0.1) is 0 Å². The maximum atomic E-state index is 10.7. The number of nitrogens with two attached hydrogens (primary N) is 1. The quantitative estimate of drug-likeness (QED) is 0.765. The lowest BCUT2D eigenvalue weighted by Crippen LogP contribution is -2.11. The van der Waals surface area contributed by atoms with Gasteiger partial charge in [-0.3, -0.25) is 0 Å². The molecule has 2 nitrogen and oxygen atoms in total. The second kappa shape index (κ2) is 4.77. The van der Waals surface area contributed by atoms with Crippen molar-refractivity contribution < 1.29 is 4.79 Å². The van der Waals surface area contributed by atoms with E-state index in [0.29, 0.717) is 6.42 Å². The molecule has 1 rings (SSSR count). The van der Waals surface area contributed by atoms with Crippen molar-refractivity contribution in [2.45, 2.75) is 25.8 Å². The minimum Gasteiger partial charge on any atom is -0.324 e. The first-order valence-electron chi connectivity index (χ1n) is 4.50. The third-order valence-electron chi connectivity index (χ3n) is 2.04. The highest BCUT2D eigenvalue weighted by Gasteiger charge is 2.05. The number of hydrogen-bond donors (Lipinski definition) is 1. The van der Waals surface area contributed by atoms with Crippen molar-refractivity contribution in [3.63, 3.8) is 0 Å². The topological polar surface area (TPSA) is 43.1 Å². The van der Waals surface area contributed by atoms with Gasteiger partial charge in [0.05, 0.1) is 0 Å². The fraction of sp³-hybridized carbons (Fsp3) is 0.364. The Kier molecular flexibility index (Phi) is 3.65. The third-order valence-corrected chi connectivity index (χ3v) is 2.04. The Labute approximate surface area is 78.8 Å². The molecule has 2 heteroatoms. The van der Waals surface area contributed by atoms with Gasteiger partial charge in [-0.05, 0) is 18.9 Å². The number of hydrogen-bond acceptors (Lipinski definition) is 2. The minimum atomic E-state index is -0.00917. The molecular formula is C11H15NO. The maximum absolute atomic E-state index is 10.7. The van der Waals surface area contributed by atoms with Crippen LogP contribution in [-0.4, -0.2) is 5.78 Å². The number of Topliss-reactive ketones (excluding diaryl/α,β-unsaturated/α-hetero) is 1. The molecule has 1 aromatic carbocycles. The van der Waals surface area contributed by atoms with Crippen LogP contribution in [-0.2, 0) is 4.79 Å². The van der Waals surface area contributed by atoms with Gasteiger partial charge >= 0.3 is 0 Å². The van der Waals surface area contributed by atoms with E-state index in [1.54, 1.807) is 6.92 Å². The zero-order valence-electron chi connectivity index (χ0n) is 7.86. The molecule has 0 bridgehead atoms.